The Morgan fingerprint density at radius 1 is 1.21 bits per heavy atom. The number of hydrogen-bond acceptors (Lipinski definition) is 3. The highest BCUT2D eigenvalue weighted by Gasteiger charge is 2.36. The lowest BCUT2D eigenvalue weighted by atomic mass is 10.3. The van der Waals surface area contributed by atoms with Crippen molar-refractivity contribution < 1.29 is 17.9 Å². The van der Waals surface area contributed by atoms with Crippen LogP contribution in [0.2, 0.25) is 0 Å². The molecule has 0 aliphatic heterocycles. The van der Waals surface area contributed by atoms with E-state index in [1.807, 2.05) is 0 Å². The summed E-state index contributed by atoms with van der Waals surface area (Å²) in [7, 11) is 0. The minimum Gasteiger partial charge on any atom is -0.442 e. The number of anilines is 1. The molecule has 6 heteroatoms. The number of nitrogen functional groups attached to an aromatic ring is 1. The minimum atomic E-state index is -4.61. The molecule has 0 fully saturated rings. The summed E-state index contributed by atoms with van der Waals surface area (Å²) in [4.78, 5) is 0. The predicted octanol–water partition coefficient (Wildman–Crippen LogP) is 2.54. The zero-order chi connectivity index (χ0) is 10.8. The number of nitrogens with two attached hydrogens (primary N) is 1. The van der Waals surface area contributed by atoms with Gasteiger partial charge in [0.25, 0.3) is 5.05 Å². The number of thiocarbonyl (C=S) groups is 1. The van der Waals surface area contributed by atoms with Gasteiger partial charge >= 0.3 is 6.18 Å². The van der Waals surface area contributed by atoms with E-state index in [1.54, 1.807) is 0 Å². The van der Waals surface area contributed by atoms with Crippen LogP contribution in [0.4, 0.5) is 18.9 Å². The summed E-state index contributed by atoms with van der Waals surface area (Å²) in [6.45, 7) is 0. The van der Waals surface area contributed by atoms with Crippen molar-refractivity contribution in [3.05, 3.63) is 24.3 Å². The minimum absolute atomic E-state index is 0.0153. The Bertz CT molecular complexity index is 333. The Morgan fingerprint density at radius 2 is 1.71 bits per heavy atom. The number of halogens is 3. The molecule has 0 amide bonds. The molecule has 2 nitrogen and oxygen atoms in total. The average molecular weight is 221 g/mol. The van der Waals surface area contributed by atoms with Gasteiger partial charge in [-0.25, -0.2) is 0 Å². The van der Waals surface area contributed by atoms with Crippen molar-refractivity contribution in [2.45, 2.75) is 6.18 Å². The molecule has 0 radical (unpaired) electrons. The van der Waals surface area contributed by atoms with Gasteiger partial charge in [-0.05, 0) is 36.5 Å². The summed E-state index contributed by atoms with van der Waals surface area (Å²) in [5.74, 6) is 0.0153. The first-order valence-corrected chi connectivity index (χ1v) is 3.95. The lowest BCUT2D eigenvalue weighted by Gasteiger charge is -2.09. The summed E-state index contributed by atoms with van der Waals surface area (Å²) < 4.78 is 40.2. The van der Waals surface area contributed by atoms with E-state index < -0.39 is 11.2 Å². The standard InChI is InChI=1S/C8H6F3NOS/c9-8(10,11)7(14)13-6-3-1-5(12)2-4-6/h1-4H,12H2. The molecule has 1 rings (SSSR count). The maximum absolute atomic E-state index is 11.9. The third-order valence-electron chi connectivity index (χ3n) is 1.32. The molecule has 0 aliphatic rings. The van der Waals surface area contributed by atoms with Crippen molar-refractivity contribution in [2.24, 2.45) is 0 Å². The van der Waals surface area contributed by atoms with Gasteiger partial charge in [-0.2, -0.15) is 13.2 Å². The molecule has 0 aliphatic carbocycles. The van der Waals surface area contributed by atoms with Crippen LogP contribution in [0, 0.1) is 0 Å². The Hall–Kier alpha value is -1.30. The van der Waals surface area contributed by atoms with Gasteiger partial charge in [0.15, 0.2) is 0 Å². The van der Waals surface area contributed by atoms with Crippen LogP contribution in [0.15, 0.2) is 24.3 Å². The first-order chi connectivity index (χ1) is 6.39. The topological polar surface area (TPSA) is 35.2 Å². The lowest BCUT2D eigenvalue weighted by molar-refractivity contribution is -0.0676. The fourth-order valence-corrected chi connectivity index (χ4v) is 0.797. The summed E-state index contributed by atoms with van der Waals surface area (Å²) in [5.41, 5.74) is 5.77. The van der Waals surface area contributed by atoms with E-state index in [0.717, 1.165) is 0 Å². The van der Waals surface area contributed by atoms with Crippen molar-refractivity contribution in [1.82, 2.24) is 0 Å². The van der Waals surface area contributed by atoms with Crippen molar-refractivity contribution in [2.75, 3.05) is 5.73 Å². The molecule has 0 spiro atoms. The molecule has 0 aromatic heterocycles. The van der Waals surface area contributed by atoms with Gasteiger partial charge in [-0.1, -0.05) is 0 Å². The van der Waals surface area contributed by atoms with Gasteiger partial charge in [0, 0.05) is 5.69 Å². The van der Waals surface area contributed by atoms with Gasteiger partial charge in [0.05, 0.1) is 0 Å². The van der Waals surface area contributed by atoms with Crippen LogP contribution >= 0.6 is 12.2 Å². The maximum Gasteiger partial charge on any atom is 0.460 e. The zero-order valence-corrected chi connectivity index (χ0v) is 7.65. The molecule has 1 aromatic carbocycles. The van der Waals surface area contributed by atoms with Crippen LogP contribution in [0.3, 0.4) is 0 Å². The van der Waals surface area contributed by atoms with Gasteiger partial charge < -0.3 is 10.5 Å². The number of rotatable bonds is 1. The van der Waals surface area contributed by atoms with E-state index >= 15 is 0 Å². The molecule has 2 N–H and O–H groups in total. The predicted molar refractivity (Wildman–Crippen MR) is 50.1 cm³/mol. The molecule has 0 saturated heterocycles. The first-order valence-electron chi connectivity index (χ1n) is 3.54. The summed E-state index contributed by atoms with van der Waals surface area (Å²) in [6.07, 6.45) is -4.61. The highest BCUT2D eigenvalue weighted by Crippen LogP contribution is 2.21. The van der Waals surface area contributed by atoms with Crippen LogP contribution < -0.4 is 10.5 Å². The molecular formula is C8H6F3NOS. The van der Waals surface area contributed by atoms with Gasteiger partial charge in [-0.3, -0.25) is 0 Å². The van der Waals surface area contributed by atoms with E-state index in [4.69, 9.17) is 5.73 Å². The van der Waals surface area contributed by atoms with Crippen molar-refractivity contribution >= 4 is 23.0 Å². The second-order valence-electron chi connectivity index (χ2n) is 2.46. The lowest BCUT2D eigenvalue weighted by Crippen LogP contribution is -2.25. The van der Waals surface area contributed by atoms with E-state index in [1.165, 1.54) is 24.3 Å². The average Bonchev–Trinajstić information content (AvgIpc) is 2.07. The van der Waals surface area contributed by atoms with Crippen molar-refractivity contribution in [3.8, 4) is 5.75 Å². The molecule has 0 bridgehead atoms. The Labute approximate surface area is 83.5 Å². The molecular weight excluding hydrogens is 215 g/mol. The molecule has 0 saturated carbocycles. The molecule has 0 unspecified atom stereocenters. The van der Waals surface area contributed by atoms with Gasteiger partial charge in [-0.15, -0.1) is 0 Å². The maximum atomic E-state index is 11.9. The largest absolute Gasteiger partial charge is 0.460 e. The van der Waals surface area contributed by atoms with Crippen LogP contribution in [0.1, 0.15) is 0 Å². The van der Waals surface area contributed by atoms with Gasteiger partial charge in [0.2, 0.25) is 0 Å². The second kappa shape index (κ2) is 3.83. The fraction of sp³-hybridized carbons (Fsp3) is 0.125. The van der Waals surface area contributed by atoms with E-state index in [2.05, 4.69) is 17.0 Å². The number of benzene rings is 1. The normalized spacial score (nSPS) is 11.1. The van der Waals surface area contributed by atoms with Crippen LogP contribution in [0.25, 0.3) is 0 Å². The Balaban J connectivity index is 2.71. The number of hydrogen-bond donors (Lipinski definition) is 1. The van der Waals surface area contributed by atoms with Crippen LogP contribution in [-0.4, -0.2) is 11.2 Å². The highest BCUT2D eigenvalue weighted by molar-refractivity contribution is 7.80. The van der Waals surface area contributed by atoms with Crippen molar-refractivity contribution in [3.63, 3.8) is 0 Å². The van der Waals surface area contributed by atoms with E-state index in [9.17, 15) is 13.2 Å². The monoisotopic (exact) mass is 221 g/mol. The molecule has 14 heavy (non-hydrogen) atoms. The second-order valence-corrected chi connectivity index (χ2v) is 2.83. The number of alkyl halides is 3. The molecule has 1 aromatic rings. The Kier molecular flexibility index (Phi) is 2.95. The zero-order valence-electron chi connectivity index (χ0n) is 6.84. The quantitative estimate of drug-likeness (QED) is 0.584. The van der Waals surface area contributed by atoms with Crippen LogP contribution in [-0.2, 0) is 0 Å². The molecule has 0 atom stereocenters. The molecule has 0 heterocycles. The third-order valence-corrected chi connectivity index (χ3v) is 1.64. The summed E-state index contributed by atoms with van der Waals surface area (Å²) >= 11 is 4.03. The van der Waals surface area contributed by atoms with Crippen LogP contribution in [0.5, 0.6) is 5.75 Å². The summed E-state index contributed by atoms with van der Waals surface area (Å²) in [5, 5.41) is -1.41. The van der Waals surface area contributed by atoms with E-state index in [-0.39, 0.29) is 5.75 Å². The van der Waals surface area contributed by atoms with E-state index in [0.29, 0.717) is 5.69 Å². The third kappa shape index (κ3) is 2.88. The fourth-order valence-electron chi connectivity index (χ4n) is 0.701. The first kappa shape index (κ1) is 10.8. The highest BCUT2D eigenvalue weighted by atomic mass is 32.1. The molecule has 76 valence electrons. The number of ether oxygens (including phenoxy) is 1. The summed E-state index contributed by atoms with van der Waals surface area (Å²) in [6, 6.07) is 5.48. The smallest absolute Gasteiger partial charge is 0.442 e. The van der Waals surface area contributed by atoms with Crippen molar-refractivity contribution in [1.29, 1.82) is 0 Å². The van der Waals surface area contributed by atoms with Gasteiger partial charge in [0.1, 0.15) is 5.75 Å². The SMILES string of the molecule is Nc1ccc(OC(=S)C(F)(F)F)cc1. The Morgan fingerprint density at radius 3 is 2.14 bits per heavy atom.